The Hall–Kier alpha value is -2.35. The number of aromatic nitrogens is 1. The van der Waals surface area contributed by atoms with Gasteiger partial charge in [0.25, 0.3) is 0 Å². The molecule has 2 unspecified atom stereocenters. The van der Waals surface area contributed by atoms with Gasteiger partial charge in [0.1, 0.15) is 6.10 Å². The van der Waals surface area contributed by atoms with Crippen molar-refractivity contribution in [2.75, 3.05) is 12.3 Å². The van der Waals surface area contributed by atoms with E-state index in [2.05, 4.69) is 26.1 Å². The van der Waals surface area contributed by atoms with Crippen molar-refractivity contribution in [2.45, 2.75) is 13.0 Å². The zero-order chi connectivity index (χ0) is 17.0. The molecule has 1 aromatic carbocycles. The first kappa shape index (κ1) is 17.0. The molecule has 7 heteroatoms. The molecular weight excluding hydrogens is 316 g/mol. The van der Waals surface area contributed by atoms with Crippen LogP contribution in [-0.2, 0) is 0 Å². The maximum Gasteiger partial charge on any atom is 0.166 e. The number of aromatic hydroxyl groups is 1. The molecular formula is C16H17FN3O2P. The Morgan fingerprint density at radius 3 is 2.91 bits per heavy atom. The van der Waals surface area contributed by atoms with E-state index in [4.69, 9.17) is 16.2 Å². The van der Waals surface area contributed by atoms with Gasteiger partial charge in [0, 0.05) is 23.4 Å². The first-order chi connectivity index (χ1) is 10.9. The molecule has 5 nitrogen and oxygen atoms in total. The van der Waals surface area contributed by atoms with Gasteiger partial charge in [0.2, 0.25) is 0 Å². The average Bonchev–Trinajstić information content (AvgIpc) is 2.52. The predicted molar refractivity (Wildman–Crippen MR) is 91.0 cm³/mol. The van der Waals surface area contributed by atoms with Crippen LogP contribution < -0.4 is 21.5 Å². The van der Waals surface area contributed by atoms with Crippen LogP contribution in [0.15, 0.2) is 24.4 Å². The summed E-state index contributed by atoms with van der Waals surface area (Å²) in [5.41, 5.74) is 12.1. The fraction of sp³-hybridized carbons (Fsp3) is 0.188. The van der Waals surface area contributed by atoms with Crippen LogP contribution in [0.2, 0.25) is 0 Å². The second-order valence-corrected chi connectivity index (χ2v) is 5.39. The SMILES string of the molecule is CC(Oc1cc(C#CCN)cnc1N)c1c(P)ccc(F)c1O. The molecule has 0 saturated heterocycles. The minimum absolute atomic E-state index is 0.177. The fourth-order valence-electron chi connectivity index (χ4n) is 2.04. The molecule has 0 aliphatic heterocycles. The molecule has 23 heavy (non-hydrogen) atoms. The van der Waals surface area contributed by atoms with Crippen molar-refractivity contribution in [2.24, 2.45) is 5.73 Å². The number of halogens is 1. The minimum Gasteiger partial charge on any atom is -0.505 e. The maximum absolute atomic E-state index is 13.6. The van der Waals surface area contributed by atoms with Gasteiger partial charge in [-0.3, -0.25) is 0 Å². The molecule has 0 amide bonds. The normalized spacial score (nSPS) is 11.5. The number of benzene rings is 1. The van der Waals surface area contributed by atoms with Gasteiger partial charge in [-0.1, -0.05) is 17.9 Å². The van der Waals surface area contributed by atoms with Crippen molar-refractivity contribution >= 4 is 20.4 Å². The first-order valence-corrected chi connectivity index (χ1v) is 7.39. The molecule has 120 valence electrons. The van der Waals surface area contributed by atoms with Gasteiger partial charge in [-0.2, -0.15) is 0 Å². The van der Waals surface area contributed by atoms with E-state index in [1.165, 1.54) is 12.3 Å². The Morgan fingerprint density at radius 2 is 2.22 bits per heavy atom. The van der Waals surface area contributed by atoms with Crippen molar-refractivity contribution in [1.29, 1.82) is 0 Å². The van der Waals surface area contributed by atoms with Crippen molar-refractivity contribution in [1.82, 2.24) is 4.98 Å². The number of hydrogen-bond donors (Lipinski definition) is 3. The lowest BCUT2D eigenvalue weighted by Crippen LogP contribution is -2.13. The Kier molecular flexibility index (Phi) is 5.38. The highest BCUT2D eigenvalue weighted by atomic mass is 31.0. The second kappa shape index (κ2) is 7.28. The molecule has 1 heterocycles. The van der Waals surface area contributed by atoms with Crippen LogP contribution >= 0.6 is 9.24 Å². The number of hydrogen-bond acceptors (Lipinski definition) is 5. The van der Waals surface area contributed by atoms with Crippen molar-refractivity contribution in [3.8, 4) is 23.3 Å². The Balaban J connectivity index is 2.34. The van der Waals surface area contributed by atoms with Gasteiger partial charge in [0.15, 0.2) is 23.1 Å². The van der Waals surface area contributed by atoms with Crippen LogP contribution in [0.4, 0.5) is 10.2 Å². The molecule has 0 radical (unpaired) electrons. The summed E-state index contributed by atoms with van der Waals surface area (Å²) in [4.78, 5) is 4.01. The predicted octanol–water partition coefficient (Wildman–Crippen LogP) is 1.46. The molecule has 0 bridgehead atoms. The first-order valence-electron chi connectivity index (χ1n) is 6.82. The summed E-state index contributed by atoms with van der Waals surface area (Å²) in [5, 5.41) is 10.5. The lowest BCUT2D eigenvalue weighted by molar-refractivity contribution is 0.222. The monoisotopic (exact) mass is 333 g/mol. The molecule has 2 atom stereocenters. The lowest BCUT2D eigenvalue weighted by atomic mass is 10.1. The molecule has 0 fully saturated rings. The van der Waals surface area contributed by atoms with E-state index < -0.39 is 17.7 Å². The maximum atomic E-state index is 13.6. The number of nitrogens with two attached hydrogens (primary N) is 2. The van der Waals surface area contributed by atoms with Gasteiger partial charge < -0.3 is 21.3 Å². The number of pyridine rings is 1. The van der Waals surface area contributed by atoms with Gasteiger partial charge >= 0.3 is 0 Å². The van der Waals surface area contributed by atoms with E-state index in [0.29, 0.717) is 22.2 Å². The molecule has 1 aromatic heterocycles. The van der Waals surface area contributed by atoms with Crippen LogP contribution in [0.3, 0.4) is 0 Å². The van der Waals surface area contributed by atoms with E-state index in [1.807, 2.05) is 0 Å². The summed E-state index contributed by atoms with van der Waals surface area (Å²) in [7, 11) is 2.43. The number of phenolic OH excluding ortho intramolecular Hbond substituents is 1. The summed E-state index contributed by atoms with van der Waals surface area (Å²) < 4.78 is 19.3. The highest BCUT2D eigenvalue weighted by Crippen LogP contribution is 2.32. The smallest absolute Gasteiger partial charge is 0.166 e. The molecule has 2 rings (SSSR count). The van der Waals surface area contributed by atoms with Gasteiger partial charge in [0.05, 0.1) is 6.54 Å². The van der Waals surface area contributed by atoms with Crippen LogP contribution in [-0.4, -0.2) is 16.6 Å². The number of nitrogens with zero attached hydrogens (tertiary/aromatic N) is 1. The molecule has 0 saturated carbocycles. The highest BCUT2D eigenvalue weighted by Gasteiger charge is 2.19. The Bertz CT molecular complexity index is 787. The topological polar surface area (TPSA) is 94.4 Å². The zero-order valence-corrected chi connectivity index (χ0v) is 13.7. The number of anilines is 1. The van der Waals surface area contributed by atoms with Crippen LogP contribution in [0.5, 0.6) is 11.5 Å². The Labute approximate surface area is 136 Å². The van der Waals surface area contributed by atoms with E-state index in [-0.39, 0.29) is 12.4 Å². The lowest BCUT2D eigenvalue weighted by Gasteiger charge is -2.19. The van der Waals surface area contributed by atoms with Crippen molar-refractivity contribution in [3.63, 3.8) is 0 Å². The highest BCUT2D eigenvalue weighted by molar-refractivity contribution is 7.27. The second-order valence-electron chi connectivity index (χ2n) is 4.77. The summed E-state index contributed by atoms with van der Waals surface area (Å²) in [5.74, 6) is 4.86. The third-order valence-corrected chi connectivity index (χ3v) is 3.63. The summed E-state index contributed by atoms with van der Waals surface area (Å²) in [6, 6.07) is 4.35. The molecule has 5 N–H and O–H groups in total. The Morgan fingerprint density at radius 1 is 1.48 bits per heavy atom. The van der Waals surface area contributed by atoms with Gasteiger partial charge in [-0.25, -0.2) is 9.37 Å². The molecule has 0 spiro atoms. The molecule has 2 aromatic rings. The third kappa shape index (κ3) is 3.89. The summed E-state index contributed by atoms with van der Waals surface area (Å²) in [6.45, 7) is 1.91. The average molecular weight is 333 g/mol. The summed E-state index contributed by atoms with van der Waals surface area (Å²) in [6.07, 6.45) is 0.871. The van der Waals surface area contributed by atoms with E-state index >= 15 is 0 Å². The molecule has 0 aliphatic rings. The fourth-order valence-corrected chi connectivity index (χ4v) is 2.51. The van der Waals surface area contributed by atoms with E-state index in [9.17, 15) is 9.50 Å². The van der Waals surface area contributed by atoms with Crippen LogP contribution in [0.1, 0.15) is 24.2 Å². The van der Waals surface area contributed by atoms with Gasteiger partial charge in [-0.15, -0.1) is 9.24 Å². The number of ether oxygens (including phenoxy) is 1. The van der Waals surface area contributed by atoms with Crippen LogP contribution in [0.25, 0.3) is 0 Å². The minimum atomic E-state index is -0.713. The summed E-state index contributed by atoms with van der Waals surface area (Å²) >= 11 is 0. The number of phenols is 1. The largest absolute Gasteiger partial charge is 0.505 e. The van der Waals surface area contributed by atoms with Gasteiger partial charge in [-0.05, 0) is 18.3 Å². The van der Waals surface area contributed by atoms with Crippen LogP contribution in [0, 0.1) is 17.7 Å². The molecule has 0 aliphatic carbocycles. The standard InChI is InChI=1S/C16H17FN3O2P/c1-9(14-13(23)5-4-11(17)15(14)21)22-12-7-10(3-2-6-18)8-20-16(12)19/h4-5,7-9,21H,6,18,23H2,1H3,(H2,19,20). The van der Waals surface area contributed by atoms with E-state index in [1.54, 1.807) is 19.1 Å². The third-order valence-electron chi connectivity index (χ3n) is 3.13. The van der Waals surface area contributed by atoms with Crippen molar-refractivity contribution < 1.29 is 14.2 Å². The van der Waals surface area contributed by atoms with E-state index in [0.717, 1.165) is 0 Å². The quantitative estimate of drug-likeness (QED) is 0.584. The number of nitrogen functional groups attached to an aromatic ring is 1. The zero-order valence-electron chi connectivity index (χ0n) is 12.5. The van der Waals surface area contributed by atoms with Crippen molar-refractivity contribution in [3.05, 3.63) is 41.3 Å². The number of rotatable bonds is 3.